The third-order valence-electron chi connectivity index (χ3n) is 3.66. The summed E-state index contributed by atoms with van der Waals surface area (Å²) < 4.78 is 16.3. The Morgan fingerprint density at radius 2 is 1.53 bits per heavy atom. The Labute approximate surface area is 117 Å². The van der Waals surface area contributed by atoms with E-state index in [0.29, 0.717) is 33.0 Å². The van der Waals surface area contributed by atoms with E-state index in [1.54, 1.807) is 0 Å². The smallest absolute Gasteiger partial charge is 0.0701 e. The maximum atomic E-state index is 9.05. The number of nitriles is 1. The predicted molar refractivity (Wildman–Crippen MR) is 73.9 cm³/mol. The highest BCUT2D eigenvalue weighted by molar-refractivity contribution is 5.04. The highest BCUT2D eigenvalue weighted by Gasteiger charge is 2.36. The van der Waals surface area contributed by atoms with Gasteiger partial charge in [0.05, 0.1) is 37.9 Å². The van der Waals surface area contributed by atoms with Crippen LogP contribution in [0, 0.1) is 16.7 Å². The van der Waals surface area contributed by atoms with Gasteiger partial charge in [-0.1, -0.05) is 19.8 Å². The summed E-state index contributed by atoms with van der Waals surface area (Å²) in [5.74, 6) is 0. The molecule has 19 heavy (non-hydrogen) atoms. The maximum absolute atomic E-state index is 9.05. The molecule has 1 saturated carbocycles. The Morgan fingerprint density at radius 3 is 2.00 bits per heavy atom. The molecule has 4 heteroatoms. The van der Waals surface area contributed by atoms with Crippen molar-refractivity contribution in [2.24, 2.45) is 5.41 Å². The van der Waals surface area contributed by atoms with Crippen molar-refractivity contribution in [1.82, 2.24) is 0 Å². The van der Waals surface area contributed by atoms with E-state index in [-0.39, 0.29) is 5.41 Å². The van der Waals surface area contributed by atoms with Crippen LogP contribution in [-0.4, -0.2) is 39.6 Å². The monoisotopic (exact) mass is 269 g/mol. The summed E-state index contributed by atoms with van der Waals surface area (Å²) in [7, 11) is 0. The van der Waals surface area contributed by atoms with Gasteiger partial charge in [-0.15, -0.1) is 0 Å². The summed E-state index contributed by atoms with van der Waals surface area (Å²) in [6.45, 7) is 6.16. The van der Waals surface area contributed by atoms with Gasteiger partial charge in [-0.05, 0) is 25.7 Å². The van der Waals surface area contributed by atoms with Crippen LogP contribution < -0.4 is 0 Å². The largest absolute Gasteiger partial charge is 0.379 e. The molecule has 0 spiro atoms. The lowest BCUT2D eigenvalue weighted by Gasteiger charge is -2.34. The summed E-state index contributed by atoms with van der Waals surface area (Å²) in [6.07, 6.45) is 6.41. The Balaban J connectivity index is 1.78. The predicted octanol–water partition coefficient (Wildman–Crippen LogP) is 2.92. The normalized spacial score (nSPS) is 16.8. The first-order valence-electron chi connectivity index (χ1n) is 7.47. The molecule has 0 bridgehead atoms. The molecule has 1 fully saturated rings. The maximum Gasteiger partial charge on any atom is 0.0701 e. The Morgan fingerprint density at radius 1 is 0.947 bits per heavy atom. The summed E-state index contributed by atoms with van der Waals surface area (Å²) in [5.41, 5.74) is -0.0754. The molecule has 1 aliphatic carbocycles. The van der Waals surface area contributed by atoms with E-state index < -0.39 is 0 Å². The average molecular weight is 269 g/mol. The molecule has 0 aromatic carbocycles. The standard InChI is InChI=1S/C15H27NO3/c1-2-3-8-17-10-12-19-13-11-18-9-7-15(14-16)5-4-6-15/h2-13H2,1H3. The topological polar surface area (TPSA) is 51.5 Å². The first-order chi connectivity index (χ1) is 9.33. The van der Waals surface area contributed by atoms with Crippen LogP contribution in [0.15, 0.2) is 0 Å². The Kier molecular flexibility index (Phi) is 8.81. The van der Waals surface area contributed by atoms with Crippen LogP contribution in [-0.2, 0) is 14.2 Å². The average Bonchev–Trinajstić information content (AvgIpc) is 2.38. The van der Waals surface area contributed by atoms with E-state index in [2.05, 4.69) is 13.0 Å². The highest BCUT2D eigenvalue weighted by Crippen LogP contribution is 2.43. The third-order valence-corrected chi connectivity index (χ3v) is 3.66. The van der Waals surface area contributed by atoms with Gasteiger partial charge in [-0.2, -0.15) is 5.26 Å². The molecule has 0 saturated heterocycles. The van der Waals surface area contributed by atoms with Crippen molar-refractivity contribution in [3.05, 3.63) is 0 Å². The molecule has 1 aliphatic rings. The second-order valence-corrected chi connectivity index (χ2v) is 5.19. The Hall–Kier alpha value is -0.630. The number of nitrogens with zero attached hydrogens (tertiary/aromatic N) is 1. The summed E-state index contributed by atoms with van der Waals surface area (Å²) in [4.78, 5) is 0. The van der Waals surface area contributed by atoms with E-state index in [1.165, 1.54) is 12.8 Å². The van der Waals surface area contributed by atoms with Crippen molar-refractivity contribution in [1.29, 1.82) is 5.26 Å². The quantitative estimate of drug-likeness (QED) is 0.511. The molecule has 110 valence electrons. The minimum atomic E-state index is -0.0754. The molecule has 0 radical (unpaired) electrons. The molecular weight excluding hydrogens is 242 g/mol. The second kappa shape index (κ2) is 10.2. The minimum Gasteiger partial charge on any atom is -0.379 e. The van der Waals surface area contributed by atoms with Crippen molar-refractivity contribution in [2.45, 2.75) is 45.4 Å². The van der Waals surface area contributed by atoms with Gasteiger partial charge in [0.15, 0.2) is 0 Å². The molecular formula is C15H27NO3. The fourth-order valence-electron chi connectivity index (χ4n) is 2.08. The van der Waals surface area contributed by atoms with E-state index in [1.807, 2.05) is 0 Å². The molecule has 0 N–H and O–H groups in total. The fraction of sp³-hybridized carbons (Fsp3) is 0.933. The number of ether oxygens (including phenoxy) is 3. The van der Waals surface area contributed by atoms with Crippen LogP contribution in [0.2, 0.25) is 0 Å². The molecule has 4 nitrogen and oxygen atoms in total. The van der Waals surface area contributed by atoms with Crippen molar-refractivity contribution in [3.63, 3.8) is 0 Å². The summed E-state index contributed by atoms with van der Waals surface area (Å²) >= 11 is 0. The van der Waals surface area contributed by atoms with Crippen LogP contribution in [0.3, 0.4) is 0 Å². The summed E-state index contributed by atoms with van der Waals surface area (Å²) in [6, 6.07) is 2.42. The van der Waals surface area contributed by atoms with Gasteiger partial charge in [0.25, 0.3) is 0 Å². The van der Waals surface area contributed by atoms with Gasteiger partial charge in [0, 0.05) is 13.2 Å². The lowest BCUT2D eigenvalue weighted by atomic mass is 9.68. The lowest BCUT2D eigenvalue weighted by Crippen LogP contribution is -2.29. The molecule has 0 atom stereocenters. The number of unbranched alkanes of at least 4 members (excludes halogenated alkanes) is 1. The highest BCUT2D eigenvalue weighted by atomic mass is 16.5. The van der Waals surface area contributed by atoms with Gasteiger partial charge >= 0.3 is 0 Å². The minimum absolute atomic E-state index is 0.0754. The lowest BCUT2D eigenvalue weighted by molar-refractivity contribution is 0.00642. The van der Waals surface area contributed by atoms with E-state index in [9.17, 15) is 0 Å². The zero-order valence-corrected chi connectivity index (χ0v) is 12.2. The van der Waals surface area contributed by atoms with Gasteiger partial charge in [0.1, 0.15) is 0 Å². The Bertz CT molecular complexity index is 259. The van der Waals surface area contributed by atoms with Crippen molar-refractivity contribution in [2.75, 3.05) is 39.6 Å². The molecule has 0 aromatic heterocycles. The second-order valence-electron chi connectivity index (χ2n) is 5.19. The number of hydrogen-bond acceptors (Lipinski definition) is 4. The molecule has 0 amide bonds. The zero-order chi connectivity index (χ0) is 13.8. The fourth-order valence-corrected chi connectivity index (χ4v) is 2.08. The van der Waals surface area contributed by atoms with Gasteiger partial charge < -0.3 is 14.2 Å². The number of rotatable bonds is 12. The summed E-state index contributed by atoms with van der Waals surface area (Å²) in [5, 5.41) is 9.05. The van der Waals surface area contributed by atoms with Gasteiger partial charge in [-0.3, -0.25) is 0 Å². The first kappa shape index (κ1) is 16.4. The van der Waals surface area contributed by atoms with Crippen LogP contribution in [0.5, 0.6) is 0 Å². The molecule has 0 aromatic rings. The van der Waals surface area contributed by atoms with Gasteiger partial charge in [-0.25, -0.2) is 0 Å². The van der Waals surface area contributed by atoms with E-state index in [4.69, 9.17) is 19.5 Å². The third kappa shape index (κ3) is 6.91. The van der Waals surface area contributed by atoms with Crippen LogP contribution in [0.25, 0.3) is 0 Å². The zero-order valence-electron chi connectivity index (χ0n) is 12.2. The number of hydrogen-bond donors (Lipinski definition) is 0. The molecule has 1 rings (SSSR count). The van der Waals surface area contributed by atoms with Crippen molar-refractivity contribution in [3.8, 4) is 6.07 Å². The van der Waals surface area contributed by atoms with Crippen LogP contribution in [0.1, 0.15) is 45.4 Å². The molecule has 0 heterocycles. The van der Waals surface area contributed by atoms with Gasteiger partial charge in [0.2, 0.25) is 0 Å². The first-order valence-corrected chi connectivity index (χ1v) is 7.47. The van der Waals surface area contributed by atoms with Crippen LogP contribution in [0.4, 0.5) is 0 Å². The molecule has 0 aliphatic heterocycles. The van der Waals surface area contributed by atoms with E-state index >= 15 is 0 Å². The molecule has 0 unspecified atom stereocenters. The SMILES string of the molecule is CCCCOCCOCCOCCC1(C#N)CCC1. The van der Waals surface area contributed by atoms with Crippen molar-refractivity contribution >= 4 is 0 Å². The van der Waals surface area contributed by atoms with E-state index in [0.717, 1.165) is 32.3 Å². The van der Waals surface area contributed by atoms with Crippen LogP contribution >= 0.6 is 0 Å². The van der Waals surface area contributed by atoms with Crippen molar-refractivity contribution < 1.29 is 14.2 Å².